The van der Waals surface area contributed by atoms with Gasteiger partial charge >= 0.3 is 0 Å². The van der Waals surface area contributed by atoms with E-state index in [4.69, 9.17) is 0 Å². The van der Waals surface area contributed by atoms with Crippen molar-refractivity contribution >= 4 is 29.5 Å². The van der Waals surface area contributed by atoms with Crippen molar-refractivity contribution in [1.29, 1.82) is 0 Å². The molecule has 0 aliphatic heterocycles. The summed E-state index contributed by atoms with van der Waals surface area (Å²) in [5.41, 5.74) is 1.11. The number of nitrogens with zero attached hydrogens (tertiary/aromatic N) is 4. The van der Waals surface area contributed by atoms with Crippen LogP contribution in [0.3, 0.4) is 0 Å². The van der Waals surface area contributed by atoms with E-state index in [1.54, 1.807) is 40.1 Å². The number of rotatable bonds is 23. The standard InChI is InChI=1S/C43H76N6O5/c1-28(2)23-34(44-11)40(51)47(13)36(25-30(5)6)42(53)49(15)38(27-32(9)10)43(54)48(14)37(26-31(7)8)41(52)46(12)35(24-29(3)4)39(50)45-22-21-33-19-17-16-18-20-33/h16-20,28-32,34-38,44H,21-27H2,1-15H3,(H,45,50)/t34-,35+,36-,37-,38-/m0/s1. The SMILES string of the molecule is CN[C@@H](CC(C)C)C(=O)N(C)[C@@H](CC(C)C)C(=O)N(C)[C@@H](CC(C)C)C(=O)N(C)[C@@H](CC(C)C)C(=O)N(C)[C@H](CC(C)C)C(=O)NCCc1ccccc1. The van der Waals surface area contributed by atoms with Gasteiger partial charge < -0.3 is 30.2 Å². The van der Waals surface area contributed by atoms with E-state index in [1.165, 1.54) is 14.7 Å². The minimum absolute atomic E-state index is 0.0575. The molecule has 0 aromatic heterocycles. The van der Waals surface area contributed by atoms with Crippen LogP contribution < -0.4 is 10.6 Å². The number of hydrogen-bond donors (Lipinski definition) is 2. The summed E-state index contributed by atoms with van der Waals surface area (Å²) in [5.74, 6) is -0.692. The van der Waals surface area contributed by atoms with E-state index in [0.29, 0.717) is 45.1 Å². The summed E-state index contributed by atoms with van der Waals surface area (Å²) in [4.78, 5) is 77.0. The van der Waals surface area contributed by atoms with Crippen LogP contribution in [0.15, 0.2) is 30.3 Å². The normalized spacial score (nSPS) is 14.5. The van der Waals surface area contributed by atoms with Gasteiger partial charge in [0.1, 0.15) is 24.2 Å². The third-order valence-corrected chi connectivity index (χ3v) is 10.1. The van der Waals surface area contributed by atoms with Gasteiger partial charge in [0, 0.05) is 34.7 Å². The average molecular weight is 757 g/mol. The van der Waals surface area contributed by atoms with E-state index >= 15 is 0 Å². The van der Waals surface area contributed by atoms with Crippen LogP contribution in [0.4, 0.5) is 0 Å². The minimum atomic E-state index is -0.864. The van der Waals surface area contributed by atoms with E-state index in [0.717, 1.165) is 5.56 Å². The van der Waals surface area contributed by atoms with Gasteiger partial charge in [-0.2, -0.15) is 0 Å². The largest absolute Gasteiger partial charge is 0.354 e. The van der Waals surface area contributed by atoms with Crippen LogP contribution in [0.2, 0.25) is 0 Å². The summed E-state index contributed by atoms with van der Waals surface area (Å²) >= 11 is 0. The van der Waals surface area contributed by atoms with Crippen molar-refractivity contribution in [2.24, 2.45) is 29.6 Å². The van der Waals surface area contributed by atoms with Crippen molar-refractivity contribution in [2.75, 3.05) is 41.8 Å². The smallest absolute Gasteiger partial charge is 0.245 e. The minimum Gasteiger partial charge on any atom is -0.354 e. The Morgan fingerprint density at radius 2 is 0.833 bits per heavy atom. The number of hydrogen-bond acceptors (Lipinski definition) is 6. The van der Waals surface area contributed by atoms with Crippen LogP contribution >= 0.6 is 0 Å². The first kappa shape index (κ1) is 48.5. The van der Waals surface area contributed by atoms with E-state index in [-0.39, 0.29) is 59.1 Å². The van der Waals surface area contributed by atoms with Gasteiger partial charge in [-0.1, -0.05) is 99.6 Å². The van der Waals surface area contributed by atoms with E-state index in [9.17, 15) is 24.0 Å². The molecule has 0 bridgehead atoms. The molecule has 0 aliphatic carbocycles. The molecule has 11 heteroatoms. The van der Waals surface area contributed by atoms with Crippen molar-refractivity contribution in [3.63, 3.8) is 0 Å². The lowest BCUT2D eigenvalue weighted by atomic mass is 9.95. The predicted octanol–water partition coefficient (Wildman–Crippen LogP) is 5.47. The molecule has 0 spiro atoms. The highest BCUT2D eigenvalue weighted by atomic mass is 16.2. The van der Waals surface area contributed by atoms with Gasteiger partial charge in [-0.25, -0.2) is 0 Å². The summed E-state index contributed by atoms with van der Waals surface area (Å²) in [6, 6.07) is 6.28. The maximum absolute atomic E-state index is 14.6. The predicted molar refractivity (Wildman–Crippen MR) is 220 cm³/mol. The molecule has 11 nitrogen and oxygen atoms in total. The third-order valence-electron chi connectivity index (χ3n) is 10.1. The molecule has 5 atom stereocenters. The van der Waals surface area contributed by atoms with E-state index in [2.05, 4.69) is 24.5 Å². The molecular weight excluding hydrogens is 681 g/mol. The Labute approximate surface area is 328 Å². The topological polar surface area (TPSA) is 122 Å². The molecule has 0 aliphatic rings. The number of benzene rings is 1. The quantitative estimate of drug-likeness (QED) is 0.153. The lowest BCUT2D eigenvalue weighted by Gasteiger charge is -2.40. The molecule has 0 radical (unpaired) electrons. The molecule has 0 unspecified atom stereocenters. The lowest BCUT2D eigenvalue weighted by molar-refractivity contribution is -0.155. The fourth-order valence-corrected chi connectivity index (χ4v) is 6.97. The lowest BCUT2D eigenvalue weighted by Crippen LogP contribution is -2.60. The summed E-state index contributed by atoms with van der Waals surface area (Å²) in [6.07, 6.45) is 2.97. The Morgan fingerprint density at radius 1 is 0.500 bits per heavy atom. The second kappa shape index (κ2) is 23.4. The van der Waals surface area contributed by atoms with E-state index in [1.807, 2.05) is 85.7 Å². The number of carbonyl (C=O) groups excluding carboxylic acids is 5. The Morgan fingerprint density at radius 3 is 1.19 bits per heavy atom. The maximum Gasteiger partial charge on any atom is 0.245 e. The highest BCUT2D eigenvalue weighted by Gasteiger charge is 2.41. The van der Waals surface area contributed by atoms with Crippen molar-refractivity contribution in [3.05, 3.63) is 35.9 Å². The van der Waals surface area contributed by atoms with Crippen LogP contribution in [0.1, 0.15) is 107 Å². The molecule has 1 rings (SSSR count). The second-order valence-corrected chi connectivity index (χ2v) is 17.4. The first-order chi connectivity index (χ1) is 25.1. The van der Waals surface area contributed by atoms with E-state index < -0.39 is 30.2 Å². The molecule has 2 N–H and O–H groups in total. The molecule has 308 valence electrons. The number of nitrogens with one attached hydrogen (secondary N) is 2. The number of amides is 5. The Balaban J connectivity index is 3.46. The monoisotopic (exact) mass is 757 g/mol. The first-order valence-electron chi connectivity index (χ1n) is 20.2. The van der Waals surface area contributed by atoms with Crippen molar-refractivity contribution in [3.8, 4) is 0 Å². The van der Waals surface area contributed by atoms with Crippen LogP contribution in [0.25, 0.3) is 0 Å². The zero-order valence-corrected chi connectivity index (χ0v) is 36.4. The second-order valence-electron chi connectivity index (χ2n) is 17.4. The van der Waals surface area contributed by atoms with Crippen molar-refractivity contribution in [1.82, 2.24) is 30.2 Å². The van der Waals surface area contributed by atoms with Gasteiger partial charge in [-0.3, -0.25) is 24.0 Å². The van der Waals surface area contributed by atoms with Gasteiger partial charge in [0.25, 0.3) is 0 Å². The Hall–Kier alpha value is -3.47. The van der Waals surface area contributed by atoms with Gasteiger partial charge in [-0.05, 0) is 80.7 Å². The van der Waals surface area contributed by atoms with Crippen molar-refractivity contribution < 1.29 is 24.0 Å². The Kier molecular flexibility index (Phi) is 21.1. The van der Waals surface area contributed by atoms with Gasteiger partial charge in [-0.15, -0.1) is 0 Å². The van der Waals surface area contributed by atoms with Crippen LogP contribution in [0, 0.1) is 29.6 Å². The van der Waals surface area contributed by atoms with Gasteiger partial charge in [0.05, 0.1) is 6.04 Å². The molecule has 0 fully saturated rings. The summed E-state index contributed by atoms with van der Waals surface area (Å²) in [5, 5.41) is 6.17. The molecule has 1 aromatic rings. The third kappa shape index (κ3) is 15.3. The molecule has 0 heterocycles. The molecule has 0 saturated heterocycles. The summed E-state index contributed by atoms with van der Waals surface area (Å²) in [7, 11) is 8.36. The Bertz CT molecular complexity index is 1320. The highest BCUT2D eigenvalue weighted by molar-refractivity contribution is 5.95. The summed E-state index contributed by atoms with van der Waals surface area (Å²) < 4.78 is 0. The maximum atomic E-state index is 14.6. The first-order valence-corrected chi connectivity index (χ1v) is 20.2. The highest BCUT2D eigenvalue weighted by Crippen LogP contribution is 2.23. The molecule has 54 heavy (non-hydrogen) atoms. The fourth-order valence-electron chi connectivity index (χ4n) is 6.97. The summed E-state index contributed by atoms with van der Waals surface area (Å²) in [6.45, 7) is 20.6. The molecule has 1 aromatic carbocycles. The zero-order chi connectivity index (χ0) is 41.4. The van der Waals surface area contributed by atoms with Crippen LogP contribution in [-0.4, -0.2) is 121 Å². The van der Waals surface area contributed by atoms with Gasteiger partial charge in [0.2, 0.25) is 29.5 Å². The van der Waals surface area contributed by atoms with Crippen LogP contribution in [-0.2, 0) is 30.4 Å². The number of carbonyl (C=O) groups is 5. The molecule has 0 saturated carbocycles. The van der Waals surface area contributed by atoms with Crippen molar-refractivity contribution in [2.45, 2.75) is 138 Å². The average Bonchev–Trinajstić information content (AvgIpc) is 3.10. The molecular formula is C43H76N6O5. The fraction of sp³-hybridized carbons (Fsp3) is 0.744. The zero-order valence-electron chi connectivity index (χ0n) is 36.4. The van der Waals surface area contributed by atoms with Crippen LogP contribution in [0.5, 0.6) is 0 Å². The molecule has 5 amide bonds. The van der Waals surface area contributed by atoms with Gasteiger partial charge in [0.15, 0.2) is 0 Å². The number of likely N-dealkylation sites (N-methyl/N-ethyl adjacent to an activating group) is 5.